The fourth-order valence-corrected chi connectivity index (χ4v) is 8.70. The van der Waals surface area contributed by atoms with Crippen LogP contribution in [0.1, 0.15) is 59.8 Å². The normalized spacial score (nSPS) is 51.6. The van der Waals surface area contributed by atoms with Crippen molar-refractivity contribution in [2.45, 2.75) is 83.9 Å². The molecule has 2 N–H and O–H groups in total. The van der Waals surface area contributed by atoms with E-state index in [9.17, 15) is 19.8 Å². The number of hydrogen-bond acceptors (Lipinski definition) is 7. The second-order valence-electron chi connectivity index (χ2n) is 11.3. The molecule has 0 aromatic heterocycles. The summed E-state index contributed by atoms with van der Waals surface area (Å²) >= 11 is 0. The van der Waals surface area contributed by atoms with Gasteiger partial charge in [0.2, 0.25) is 5.79 Å². The van der Waals surface area contributed by atoms with Crippen molar-refractivity contribution in [3.05, 3.63) is 12.2 Å². The molecule has 172 valence electrons. The Labute approximate surface area is 183 Å². The van der Waals surface area contributed by atoms with Crippen LogP contribution in [0.4, 0.5) is 0 Å². The largest absolute Gasteiger partial charge is 0.462 e. The quantitative estimate of drug-likeness (QED) is 0.508. The van der Waals surface area contributed by atoms with Gasteiger partial charge in [-0.05, 0) is 54.9 Å². The van der Waals surface area contributed by atoms with Crippen molar-refractivity contribution in [1.82, 2.24) is 0 Å². The molecule has 6 aliphatic rings. The summed E-state index contributed by atoms with van der Waals surface area (Å²) in [5, 5.41) is 23.7. The fraction of sp³-hybridized carbons (Fsp3) is 0.833. The van der Waals surface area contributed by atoms with Crippen LogP contribution in [0, 0.1) is 34.0 Å². The highest BCUT2D eigenvalue weighted by Crippen LogP contribution is 2.78. The Morgan fingerprint density at radius 2 is 1.81 bits per heavy atom. The summed E-state index contributed by atoms with van der Waals surface area (Å²) in [6.45, 7) is 11.4. The zero-order valence-corrected chi connectivity index (χ0v) is 18.8. The van der Waals surface area contributed by atoms with Crippen molar-refractivity contribution in [3.8, 4) is 0 Å². The Balaban J connectivity index is 1.77. The number of ether oxygens (including phenoxy) is 3. The summed E-state index contributed by atoms with van der Waals surface area (Å²) in [6, 6.07) is 0. The van der Waals surface area contributed by atoms with Crippen molar-refractivity contribution < 1.29 is 34.0 Å². The van der Waals surface area contributed by atoms with E-state index in [1.807, 2.05) is 0 Å². The van der Waals surface area contributed by atoms with E-state index in [2.05, 4.69) is 20.4 Å². The lowest BCUT2D eigenvalue weighted by molar-refractivity contribution is -0.465. The van der Waals surface area contributed by atoms with E-state index in [-0.39, 0.29) is 35.7 Å². The fourth-order valence-electron chi connectivity index (χ4n) is 8.70. The molecule has 2 heterocycles. The van der Waals surface area contributed by atoms with Crippen LogP contribution in [-0.2, 0) is 23.8 Å². The lowest BCUT2D eigenvalue weighted by atomic mass is 9.36. The molecule has 9 atom stereocenters. The van der Waals surface area contributed by atoms with Crippen molar-refractivity contribution in [2.75, 3.05) is 6.61 Å². The lowest BCUT2D eigenvalue weighted by Gasteiger charge is -2.75. The minimum atomic E-state index is -1.82. The van der Waals surface area contributed by atoms with Crippen molar-refractivity contribution in [3.63, 3.8) is 0 Å². The average Bonchev–Trinajstić information content (AvgIpc) is 2.86. The highest BCUT2D eigenvalue weighted by Gasteiger charge is 2.85. The van der Waals surface area contributed by atoms with Crippen LogP contribution in [0.2, 0.25) is 0 Å². The van der Waals surface area contributed by atoms with Crippen molar-refractivity contribution in [2.24, 2.45) is 34.0 Å². The molecule has 7 heteroatoms. The van der Waals surface area contributed by atoms with Gasteiger partial charge in [0.05, 0.1) is 18.1 Å². The van der Waals surface area contributed by atoms with Crippen molar-refractivity contribution >= 4 is 11.9 Å². The molecule has 2 aliphatic heterocycles. The van der Waals surface area contributed by atoms with Crippen molar-refractivity contribution in [1.29, 1.82) is 0 Å². The first-order valence-electron chi connectivity index (χ1n) is 11.5. The second-order valence-corrected chi connectivity index (χ2v) is 11.3. The van der Waals surface area contributed by atoms with E-state index < -0.39 is 40.9 Å². The Morgan fingerprint density at radius 3 is 2.45 bits per heavy atom. The number of fused-ring (bicyclic) bond motifs is 2. The van der Waals surface area contributed by atoms with Gasteiger partial charge in [0.25, 0.3) is 0 Å². The first-order valence-corrected chi connectivity index (χ1v) is 11.5. The van der Waals surface area contributed by atoms with E-state index >= 15 is 0 Å². The number of rotatable bonds is 2. The maximum absolute atomic E-state index is 12.2. The van der Waals surface area contributed by atoms with Crippen LogP contribution >= 0.6 is 0 Å². The zero-order valence-electron chi connectivity index (χ0n) is 18.8. The summed E-state index contributed by atoms with van der Waals surface area (Å²) < 4.78 is 18.0. The van der Waals surface area contributed by atoms with Gasteiger partial charge < -0.3 is 24.4 Å². The van der Waals surface area contributed by atoms with E-state index in [0.717, 1.165) is 24.8 Å². The molecule has 2 spiro atoms. The molecule has 4 aliphatic carbocycles. The standard InChI is InChI=1S/C24H34O7/c1-12-15-6-7-16-22-11-29-24(28,23(16,10-15)19(12)27)20(31-14(3)26)18(22)21(4,5)9-8-17(22)30-13(2)25/h15-20,27-28H,1,6-11H2,2-5H3. The van der Waals surface area contributed by atoms with Gasteiger partial charge in [0, 0.05) is 25.2 Å². The topological polar surface area (TPSA) is 102 Å². The average molecular weight is 435 g/mol. The zero-order chi connectivity index (χ0) is 22.6. The minimum Gasteiger partial charge on any atom is -0.462 e. The van der Waals surface area contributed by atoms with Gasteiger partial charge in [-0.25, -0.2) is 0 Å². The first-order chi connectivity index (χ1) is 14.4. The van der Waals surface area contributed by atoms with Gasteiger partial charge in [0.1, 0.15) is 6.10 Å². The first kappa shape index (κ1) is 21.4. The molecule has 31 heavy (non-hydrogen) atoms. The molecular formula is C24H34O7. The highest BCUT2D eigenvalue weighted by atomic mass is 16.7. The summed E-state index contributed by atoms with van der Waals surface area (Å²) in [7, 11) is 0. The van der Waals surface area contributed by atoms with E-state index in [1.54, 1.807) is 0 Å². The third kappa shape index (κ3) is 2.35. The molecule has 0 aromatic rings. The predicted octanol–water partition coefficient (Wildman–Crippen LogP) is 2.34. The lowest BCUT2D eigenvalue weighted by Crippen LogP contribution is -2.84. The molecule has 7 nitrogen and oxygen atoms in total. The maximum atomic E-state index is 12.2. The molecule has 2 saturated heterocycles. The number of hydrogen-bond donors (Lipinski definition) is 2. The number of aliphatic hydroxyl groups is 2. The smallest absolute Gasteiger partial charge is 0.303 e. The molecule has 0 radical (unpaired) electrons. The molecule has 9 unspecified atom stereocenters. The van der Waals surface area contributed by atoms with E-state index in [0.29, 0.717) is 12.8 Å². The Bertz CT molecular complexity index is 851. The SMILES string of the molecule is C=C1C2CCC3C45COC(O)(C(OC(C)=O)C4C(C)(C)CCC5OC(C)=O)C3(C2)C1O. The minimum absolute atomic E-state index is 0.0924. The van der Waals surface area contributed by atoms with Gasteiger partial charge in [-0.3, -0.25) is 9.59 Å². The van der Waals surface area contributed by atoms with Gasteiger partial charge >= 0.3 is 11.9 Å². The summed E-state index contributed by atoms with van der Waals surface area (Å²) in [5.41, 5.74) is -1.25. The third-order valence-electron chi connectivity index (χ3n) is 9.59. The van der Waals surface area contributed by atoms with Gasteiger partial charge in [-0.1, -0.05) is 20.4 Å². The molecule has 0 aromatic carbocycles. The summed E-state index contributed by atoms with van der Waals surface area (Å²) in [5.74, 6) is -2.98. The van der Waals surface area contributed by atoms with Crippen LogP contribution in [0.25, 0.3) is 0 Å². The van der Waals surface area contributed by atoms with Gasteiger partial charge in [-0.2, -0.15) is 0 Å². The van der Waals surface area contributed by atoms with Gasteiger partial charge in [0.15, 0.2) is 6.10 Å². The Hall–Kier alpha value is -1.44. The van der Waals surface area contributed by atoms with Gasteiger partial charge in [-0.15, -0.1) is 0 Å². The summed E-state index contributed by atoms with van der Waals surface area (Å²) in [6.07, 6.45) is 1.28. The van der Waals surface area contributed by atoms with Crippen LogP contribution in [0.5, 0.6) is 0 Å². The number of carbonyl (C=O) groups excluding carboxylic acids is 2. The molecule has 4 saturated carbocycles. The van der Waals surface area contributed by atoms with E-state index in [4.69, 9.17) is 14.2 Å². The highest BCUT2D eigenvalue weighted by molar-refractivity contribution is 5.67. The van der Waals surface area contributed by atoms with E-state index in [1.165, 1.54) is 13.8 Å². The van der Waals surface area contributed by atoms with Crippen LogP contribution in [0.3, 0.4) is 0 Å². The number of esters is 2. The predicted molar refractivity (Wildman–Crippen MR) is 109 cm³/mol. The third-order valence-corrected chi connectivity index (χ3v) is 9.59. The maximum Gasteiger partial charge on any atom is 0.303 e. The van der Waals surface area contributed by atoms with Crippen LogP contribution < -0.4 is 0 Å². The number of carbonyl (C=O) groups is 2. The monoisotopic (exact) mass is 434 g/mol. The summed E-state index contributed by atoms with van der Waals surface area (Å²) in [4.78, 5) is 24.3. The van der Waals surface area contributed by atoms with Crippen LogP contribution in [-0.4, -0.2) is 52.9 Å². The molecule has 6 rings (SSSR count). The van der Waals surface area contributed by atoms with Crippen LogP contribution in [0.15, 0.2) is 12.2 Å². The molecule has 6 fully saturated rings. The molecule has 4 bridgehead atoms. The second kappa shape index (κ2) is 6.33. The Morgan fingerprint density at radius 1 is 1.13 bits per heavy atom. The number of aliphatic hydroxyl groups excluding tert-OH is 1. The Kier molecular flexibility index (Phi) is 4.37. The molecule has 0 amide bonds. The molecular weight excluding hydrogens is 400 g/mol.